The number of ether oxygens (including phenoxy) is 2. The highest BCUT2D eigenvalue weighted by Crippen LogP contribution is 2.39. The van der Waals surface area contributed by atoms with Crippen LogP contribution < -0.4 is 0 Å². The Balaban J connectivity index is 1.61. The topological polar surface area (TPSA) is 38.8 Å². The Morgan fingerprint density at radius 1 is 1.26 bits per heavy atom. The molecule has 1 saturated heterocycles. The second kappa shape index (κ2) is 6.25. The Morgan fingerprint density at radius 3 is 2.63 bits per heavy atom. The summed E-state index contributed by atoms with van der Waals surface area (Å²) in [6, 6.07) is 0. The third-order valence-corrected chi connectivity index (χ3v) is 5.23. The fourth-order valence-electron chi connectivity index (χ4n) is 2.93. The molecule has 1 heterocycles. The molecule has 2 rings (SSSR count). The first-order valence-electron chi connectivity index (χ1n) is 7.87. The van der Waals surface area contributed by atoms with E-state index in [0.29, 0.717) is 36.6 Å². The second-order valence-electron chi connectivity index (χ2n) is 6.59. The predicted octanol–water partition coefficient (Wildman–Crippen LogP) is 3.70. The Morgan fingerprint density at radius 2 is 2.00 bits per heavy atom. The minimum atomic E-state index is -0.0213. The van der Waals surface area contributed by atoms with Crippen LogP contribution in [0.15, 0.2) is 0 Å². The summed E-state index contributed by atoms with van der Waals surface area (Å²) in [5, 5.41) is 0. The second-order valence-corrected chi connectivity index (χ2v) is 6.59. The maximum Gasteiger partial charge on any atom is 0.305 e. The van der Waals surface area contributed by atoms with Crippen LogP contribution in [0.25, 0.3) is 0 Å². The van der Waals surface area contributed by atoms with Gasteiger partial charge in [-0.2, -0.15) is 0 Å². The predicted molar refractivity (Wildman–Crippen MR) is 74.9 cm³/mol. The monoisotopic (exact) mass is 268 g/mol. The molecule has 2 unspecified atom stereocenters. The first-order valence-corrected chi connectivity index (χ1v) is 7.87. The zero-order chi connectivity index (χ0) is 13.9. The number of esters is 1. The lowest BCUT2D eigenvalue weighted by atomic mass is 9.80. The van der Waals surface area contributed by atoms with Gasteiger partial charge in [-0.15, -0.1) is 0 Å². The van der Waals surface area contributed by atoms with Gasteiger partial charge >= 0.3 is 5.97 Å². The highest BCUT2D eigenvalue weighted by molar-refractivity contribution is 5.69. The van der Waals surface area contributed by atoms with Gasteiger partial charge in [-0.1, -0.05) is 33.6 Å². The summed E-state index contributed by atoms with van der Waals surface area (Å²) < 4.78 is 10.9. The van der Waals surface area contributed by atoms with Gasteiger partial charge in [0.05, 0.1) is 18.8 Å². The minimum Gasteiger partial charge on any atom is -0.465 e. The van der Waals surface area contributed by atoms with Gasteiger partial charge in [0.15, 0.2) is 0 Å². The molecule has 0 spiro atoms. The number of carbonyl (C=O) groups is 1. The van der Waals surface area contributed by atoms with Gasteiger partial charge in [0.1, 0.15) is 0 Å². The number of fused-ring (bicyclic) bond motifs is 1. The van der Waals surface area contributed by atoms with E-state index in [2.05, 4.69) is 20.8 Å². The standard InChI is InChI=1S/C16H28O3/c1-4-16(3,5-2)9-8-15(17)18-11-12-6-7-13-14(10-12)19-13/h12-14H,4-11H2,1-3H3/t12?,13?,14-/m0/s1. The summed E-state index contributed by atoms with van der Waals surface area (Å²) in [4.78, 5) is 11.8. The molecule has 0 bridgehead atoms. The van der Waals surface area contributed by atoms with E-state index >= 15 is 0 Å². The molecule has 0 aromatic rings. The Labute approximate surface area is 117 Å². The number of rotatable bonds is 7. The highest BCUT2D eigenvalue weighted by atomic mass is 16.6. The first-order chi connectivity index (χ1) is 9.06. The largest absolute Gasteiger partial charge is 0.465 e. The van der Waals surface area contributed by atoms with Crippen LogP contribution in [0, 0.1) is 11.3 Å². The minimum absolute atomic E-state index is 0.0213. The molecule has 2 fully saturated rings. The van der Waals surface area contributed by atoms with Crippen molar-refractivity contribution in [1.82, 2.24) is 0 Å². The third-order valence-electron chi connectivity index (χ3n) is 5.23. The van der Waals surface area contributed by atoms with Crippen molar-refractivity contribution < 1.29 is 14.3 Å². The van der Waals surface area contributed by atoms with Crippen LogP contribution in [0.3, 0.4) is 0 Å². The molecule has 19 heavy (non-hydrogen) atoms. The molecule has 3 atom stereocenters. The average molecular weight is 268 g/mol. The van der Waals surface area contributed by atoms with E-state index in [0.717, 1.165) is 38.5 Å². The van der Waals surface area contributed by atoms with Crippen molar-refractivity contribution >= 4 is 5.97 Å². The smallest absolute Gasteiger partial charge is 0.305 e. The van der Waals surface area contributed by atoms with E-state index in [9.17, 15) is 4.79 Å². The van der Waals surface area contributed by atoms with Gasteiger partial charge in [0.2, 0.25) is 0 Å². The molecule has 2 aliphatic rings. The molecule has 1 aliphatic carbocycles. The van der Waals surface area contributed by atoms with E-state index in [1.54, 1.807) is 0 Å². The molecule has 0 amide bonds. The Bertz CT molecular complexity index is 309. The van der Waals surface area contributed by atoms with Gasteiger partial charge in [-0.25, -0.2) is 0 Å². The molecular weight excluding hydrogens is 240 g/mol. The molecule has 0 N–H and O–H groups in total. The van der Waals surface area contributed by atoms with Crippen molar-refractivity contribution in [3.05, 3.63) is 0 Å². The van der Waals surface area contributed by atoms with Gasteiger partial charge < -0.3 is 9.47 Å². The van der Waals surface area contributed by atoms with Crippen molar-refractivity contribution in [2.45, 2.75) is 77.9 Å². The lowest BCUT2D eigenvalue weighted by Crippen LogP contribution is -2.21. The number of hydrogen-bond donors (Lipinski definition) is 0. The van der Waals surface area contributed by atoms with Crippen molar-refractivity contribution in [2.75, 3.05) is 6.61 Å². The van der Waals surface area contributed by atoms with Crippen LogP contribution in [-0.4, -0.2) is 24.8 Å². The Kier molecular flexibility index (Phi) is 4.88. The van der Waals surface area contributed by atoms with E-state index in [-0.39, 0.29) is 5.97 Å². The third kappa shape index (κ3) is 4.20. The molecule has 110 valence electrons. The zero-order valence-electron chi connectivity index (χ0n) is 12.6. The molecule has 0 aromatic heterocycles. The van der Waals surface area contributed by atoms with Gasteiger partial charge in [-0.3, -0.25) is 4.79 Å². The van der Waals surface area contributed by atoms with Crippen molar-refractivity contribution in [3.63, 3.8) is 0 Å². The highest BCUT2D eigenvalue weighted by Gasteiger charge is 2.43. The maximum absolute atomic E-state index is 11.8. The molecule has 1 aliphatic heterocycles. The normalized spacial score (nSPS) is 29.7. The van der Waals surface area contributed by atoms with E-state index in [4.69, 9.17) is 9.47 Å². The molecule has 3 heteroatoms. The molecule has 1 saturated carbocycles. The summed E-state index contributed by atoms with van der Waals surface area (Å²) in [5.74, 6) is 0.503. The van der Waals surface area contributed by atoms with Crippen LogP contribution in [0.4, 0.5) is 0 Å². The van der Waals surface area contributed by atoms with Crippen LogP contribution in [-0.2, 0) is 14.3 Å². The van der Waals surface area contributed by atoms with Crippen LogP contribution >= 0.6 is 0 Å². The SMILES string of the molecule is CCC(C)(CC)CCC(=O)OCC1CCC2O[C@H]2C1. The van der Waals surface area contributed by atoms with Crippen LogP contribution in [0.2, 0.25) is 0 Å². The molecule has 0 radical (unpaired) electrons. The number of epoxide rings is 1. The summed E-state index contributed by atoms with van der Waals surface area (Å²) >= 11 is 0. The summed E-state index contributed by atoms with van der Waals surface area (Å²) in [7, 11) is 0. The van der Waals surface area contributed by atoms with E-state index in [1.807, 2.05) is 0 Å². The summed E-state index contributed by atoms with van der Waals surface area (Å²) in [6.07, 6.45) is 8.14. The quantitative estimate of drug-likeness (QED) is 0.522. The van der Waals surface area contributed by atoms with Crippen LogP contribution in [0.5, 0.6) is 0 Å². The van der Waals surface area contributed by atoms with Crippen molar-refractivity contribution in [3.8, 4) is 0 Å². The van der Waals surface area contributed by atoms with Gasteiger partial charge in [0.25, 0.3) is 0 Å². The van der Waals surface area contributed by atoms with E-state index in [1.165, 1.54) is 0 Å². The summed E-state index contributed by atoms with van der Waals surface area (Å²) in [6.45, 7) is 7.25. The average Bonchev–Trinajstić information content (AvgIpc) is 3.21. The maximum atomic E-state index is 11.8. The lowest BCUT2D eigenvalue weighted by molar-refractivity contribution is -0.146. The molecule has 0 aromatic carbocycles. The Hall–Kier alpha value is -0.570. The van der Waals surface area contributed by atoms with Gasteiger partial charge in [-0.05, 0) is 37.0 Å². The van der Waals surface area contributed by atoms with E-state index < -0.39 is 0 Å². The van der Waals surface area contributed by atoms with Crippen molar-refractivity contribution in [2.24, 2.45) is 11.3 Å². The first kappa shape index (κ1) is 14.8. The molecular formula is C16H28O3. The fraction of sp³-hybridized carbons (Fsp3) is 0.938. The number of carbonyl (C=O) groups excluding carboxylic acids is 1. The fourth-order valence-corrected chi connectivity index (χ4v) is 2.93. The summed E-state index contributed by atoms with van der Waals surface area (Å²) in [5.41, 5.74) is 0.291. The van der Waals surface area contributed by atoms with Gasteiger partial charge in [0, 0.05) is 6.42 Å². The zero-order valence-corrected chi connectivity index (χ0v) is 12.6. The number of hydrogen-bond acceptors (Lipinski definition) is 3. The van der Waals surface area contributed by atoms with Crippen LogP contribution in [0.1, 0.15) is 65.7 Å². The molecule has 3 nitrogen and oxygen atoms in total. The lowest BCUT2D eigenvalue weighted by Gasteiger charge is -2.26. The van der Waals surface area contributed by atoms with Crippen molar-refractivity contribution in [1.29, 1.82) is 0 Å².